The van der Waals surface area contributed by atoms with Crippen LogP contribution < -0.4 is 15.8 Å². The molecule has 0 radical (unpaired) electrons. The molecule has 124 valence electrons. The van der Waals surface area contributed by atoms with Crippen LogP contribution in [0.15, 0.2) is 29.3 Å². The number of nitrogens with one attached hydrogen (secondary N) is 1. The van der Waals surface area contributed by atoms with Gasteiger partial charge in [0.05, 0.1) is 6.61 Å². The molecule has 0 spiro atoms. The van der Waals surface area contributed by atoms with Crippen molar-refractivity contribution in [3.05, 3.63) is 29.8 Å². The van der Waals surface area contributed by atoms with Crippen molar-refractivity contribution < 1.29 is 4.74 Å². The molecule has 0 heterocycles. The van der Waals surface area contributed by atoms with E-state index >= 15 is 0 Å². The molecule has 0 aliphatic heterocycles. The van der Waals surface area contributed by atoms with Gasteiger partial charge in [-0.1, -0.05) is 37.0 Å². The Kier molecular flexibility index (Phi) is 9.27. The molecule has 2 rings (SSSR count). The molecular weight excluding hydrogens is 389 g/mol. The molecule has 0 atom stereocenters. The molecule has 1 fully saturated rings. The zero-order valence-corrected chi connectivity index (χ0v) is 15.7. The highest BCUT2D eigenvalue weighted by atomic mass is 127. The van der Waals surface area contributed by atoms with E-state index in [1.54, 1.807) is 0 Å². The molecule has 1 aliphatic rings. The fourth-order valence-corrected chi connectivity index (χ4v) is 2.59. The maximum atomic E-state index is 5.91. The number of nitrogens with two attached hydrogens (primary N) is 1. The SMILES string of the molecule is Cc1ccc(OCCCN=C(N)NC2CCCCC2)cc1.I. The van der Waals surface area contributed by atoms with Crippen molar-refractivity contribution in [1.29, 1.82) is 0 Å². The standard InChI is InChI=1S/C17H27N3O.HI/c1-14-8-10-16(11-9-14)21-13-5-12-19-17(18)20-15-6-3-2-4-7-15;/h8-11,15H,2-7,12-13H2,1H3,(H3,18,19,20);1H. The third-order valence-corrected chi connectivity index (χ3v) is 3.83. The monoisotopic (exact) mass is 417 g/mol. The zero-order valence-electron chi connectivity index (χ0n) is 13.4. The Morgan fingerprint density at radius 2 is 1.91 bits per heavy atom. The van der Waals surface area contributed by atoms with Crippen LogP contribution in [0.2, 0.25) is 0 Å². The largest absolute Gasteiger partial charge is 0.494 e. The first-order chi connectivity index (χ1) is 10.2. The van der Waals surface area contributed by atoms with Crippen LogP contribution in [-0.2, 0) is 0 Å². The van der Waals surface area contributed by atoms with E-state index in [1.165, 1.54) is 37.7 Å². The van der Waals surface area contributed by atoms with E-state index in [-0.39, 0.29) is 24.0 Å². The van der Waals surface area contributed by atoms with E-state index in [9.17, 15) is 0 Å². The summed E-state index contributed by atoms with van der Waals surface area (Å²) in [5, 5.41) is 3.32. The molecule has 1 aromatic carbocycles. The van der Waals surface area contributed by atoms with Crippen molar-refractivity contribution in [3.8, 4) is 5.75 Å². The van der Waals surface area contributed by atoms with Crippen LogP contribution in [0, 0.1) is 6.92 Å². The van der Waals surface area contributed by atoms with E-state index in [0.29, 0.717) is 25.2 Å². The lowest BCUT2D eigenvalue weighted by Crippen LogP contribution is -2.41. The normalized spacial score (nSPS) is 16.0. The number of rotatable bonds is 6. The first-order valence-corrected chi connectivity index (χ1v) is 8.00. The lowest BCUT2D eigenvalue weighted by molar-refractivity contribution is 0.313. The molecule has 0 aromatic heterocycles. The minimum Gasteiger partial charge on any atom is -0.494 e. The maximum Gasteiger partial charge on any atom is 0.188 e. The predicted molar refractivity (Wildman–Crippen MR) is 103 cm³/mol. The summed E-state index contributed by atoms with van der Waals surface area (Å²) in [5.41, 5.74) is 7.16. The van der Waals surface area contributed by atoms with Crippen molar-refractivity contribution in [2.75, 3.05) is 13.2 Å². The molecule has 0 saturated heterocycles. The fourth-order valence-electron chi connectivity index (χ4n) is 2.59. The number of nitrogens with zero attached hydrogens (tertiary/aromatic N) is 1. The van der Waals surface area contributed by atoms with Crippen LogP contribution in [0.3, 0.4) is 0 Å². The molecule has 0 amide bonds. The Hall–Kier alpha value is -0.980. The van der Waals surface area contributed by atoms with Crippen molar-refractivity contribution in [1.82, 2.24) is 5.32 Å². The topological polar surface area (TPSA) is 59.6 Å². The van der Waals surface area contributed by atoms with Crippen LogP contribution in [0.25, 0.3) is 0 Å². The second-order valence-corrected chi connectivity index (χ2v) is 5.76. The number of aliphatic imine (C=N–C) groups is 1. The summed E-state index contributed by atoms with van der Waals surface area (Å²) >= 11 is 0. The van der Waals surface area contributed by atoms with Gasteiger partial charge in [0.1, 0.15) is 5.75 Å². The maximum absolute atomic E-state index is 5.91. The fraction of sp³-hybridized carbons (Fsp3) is 0.588. The van der Waals surface area contributed by atoms with Crippen molar-refractivity contribution >= 4 is 29.9 Å². The van der Waals surface area contributed by atoms with Gasteiger partial charge in [-0.15, -0.1) is 24.0 Å². The summed E-state index contributed by atoms with van der Waals surface area (Å²) in [5.74, 6) is 1.50. The molecule has 4 nitrogen and oxygen atoms in total. The van der Waals surface area contributed by atoms with E-state index in [2.05, 4.69) is 29.4 Å². The average molecular weight is 417 g/mol. The smallest absolute Gasteiger partial charge is 0.188 e. The summed E-state index contributed by atoms with van der Waals surface area (Å²) in [6, 6.07) is 8.63. The van der Waals surface area contributed by atoms with Gasteiger partial charge in [-0.25, -0.2) is 0 Å². The lowest BCUT2D eigenvalue weighted by Gasteiger charge is -2.23. The quantitative estimate of drug-likeness (QED) is 0.322. The van der Waals surface area contributed by atoms with Crippen LogP contribution >= 0.6 is 24.0 Å². The number of aryl methyl sites for hydroxylation is 1. The van der Waals surface area contributed by atoms with E-state index in [1.807, 2.05) is 12.1 Å². The van der Waals surface area contributed by atoms with Gasteiger partial charge in [-0.3, -0.25) is 4.99 Å². The second kappa shape index (κ2) is 10.7. The number of halogens is 1. The summed E-state index contributed by atoms with van der Waals surface area (Å²) in [7, 11) is 0. The highest BCUT2D eigenvalue weighted by molar-refractivity contribution is 14.0. The first kappa shape index (κ1) is 19.1. The van der Waals surface area contributed by atoms with Crippen molar-refractivity contribution in [2.45, 2.75) is 51.5 Å². The third-order valence-electron chi connectivity index (χ3n) is 3.83. The third kappa shape index (κ3) is 7.33. The molecule has 3 N–H and O–H groups in total. The summed E-state index contributed by atoms with van der Waals surface area (Å²) in [4.78, 5) is 4.37. The number of hydrogen-bond donors (Lipinski definition) is 2. The molecule has 1 aliphatic carbocycles. The number of benzene rings is 1. The summed E-state index contributed by atoms with van der Waals surface area (Å²) < 4.78 is 5.66. The molecule has 22 heavy (non-hydrogen) atoms. The van der Waals surface area contributed by atoms with Crippen LogP contribution in [0.1, 0.15) is 44.1 Å². The number of ether oxygens (including phenoxy) is 1. The van der Waals surface area contributed by atoms with Crippen molar-refractivity contribution in [3.63, 3.8) is 0 Å². The second-order valence-electron chi connectivity index (χ2n) is 5.76. The Labute approximate surface area is 150 Å². The Morgan fingerprint density at radius 3 is 2.59 bits per heavy atom. The van der Waals surface area contributed by atoms with Crippen molar-refractivity contribution in [2.24, 2.45) is 10.7 Å². The molecule has 5 heteroatoms. The van der Waals surface area contributed by atoms with Gasteiger partial charge in [0.25, 0.3) is 0 Å². The highest BCUT2D eigenvalue weighted by Gasteiger charge is 2.12. The van der Waals surface area contributed by atoms with Gasteiger partial charge in [-0.2, -0.15) is 0 Å². The number of guanidine groups is 1. The number of hydrogen-bond acceptors (Lipinski definition) is 2. The Bertz CT molecular complexity index is 442. The first-order valence-electron chi connectivity index (χ1n) is 8.00. The molecule has 0 bridgehead atoms. The summed E-state index contributed by atoms with van der Waals surface area (Å²) in [6.07, 6.45) is 7.26. The predicted octanol–water partition coefficient (Wildman–Crippen LogP) is 3.62. The molecule has 1 aromatic rings. The van der Waals surface area contributed by atoms with E-state index in [0.717, 1.165) is 12.2 Å². The van der Waals surface area contributed by atoms with Gasteiger partial charge in [0.15, 0.2) is 5.96 Å². The van der Waals surface area contributed by atoms with Crippen LogP contribution in [0.4, 0.5) is 0 Å². The summed E-state index contributed by atoms with van der Waals surface area (Å²) in [6.45, 7) is 3.45. The zero-order chi connectivity index (χ0) is 14.9. The van der Waals surface area contributed by atoms with Crippen LogP contribution in [0.5, 0.6) is 5.75 Å². The average Bonchev–Trinajstić information content (AvgIpc) is 2.50. The molecular formula is C17H28IN3O. The van der Waals surface area contributed by atoms with E-state index in [4.69, 9.17) is 10.5 Å². The lowest BCUT2D eigenvalue weighted by atomic mass is 9.96. The van der Waals surface area contributed by atoms with Crippen LogP contribution in [-0.4, -0.2) is 25.2 Å². The Balaban J connectivity index is 0.00000242. The Morgan fingerprint density at radius 1 is 1.23 bits per heavy atom. The van der Waals surface area contributed by atoms with Gasteiger partial charge >= 0.3 is 0 Å². The molecule has 1 saturated carbocycles. The highest BCUT2D eigenvalue weighted by Crippen LogP contribution is 2.17. The molecule has 0 unspecified atom stereocenters. The minimum atomic E-state index is 0. The van der Waals surface area contributed by atoms with Gasteiger partial charge in [0, 0.05) is 19.0 Å². The van der Waals surface area contributed by atoms with E-state index < -0.39 is 0 Å². The minimum absolute atomic E-state index is 0. The van der Waals surface area contributed by atoms with Gasteiger partial charge in [-0.05, 0) is 31.9 Å². The van der Waals surface area contributed by atoms with Gasteiger partial charge in [0.2, 0.25) is 0 Å². The van der Waals surface area contributed by atoms with Gasteiger partial charge < -0.3 is 15.8 Å².